The zero-order valence-electron chi connectivity index (χ0n) is 15.2. The molecular weight excluding hydrogens is 422 g/mol. The molecule has 1 fully saturated rings. The first-order valence-corrected chi connectivity index (χ1v) is 9.64. The summed E-state index contributed by atoms with van der Waals surface area (Å²) in [4.78, 5) is 39.0. The zero-order chi connectivity index (χ0) is 20.1. The Balaban J connectivity index is 1.70. The lowest BCUT2D eigenvalue weighted by atomic mass is 10.1. The maximum Gasteiger partial charge on any atom is 0.253 e. The standard InChI is InChI=1S/C21H20BrN3O3/c1-2-11-23-21(28)17-5-3-4-6-18(17)24-20(27)14-12-19(26)25(13-14)16-9-7-15(22)8-10-16/h2-10,14H,1,11-13H2,(H,23,28)(H,24,27)/t14-/m0/s1. The van der Waals surface area contributed by atoms with Crippen molar-refractivity contribution in [1.29, 1.82) is 0 Å². The van der Waals surface area contributed by atoms with Crippen molar-refractivity contribution in [3.05, 3.63) is 71.2 Å². The van der Waals surface area contributed by atoms with E-state index < -0.39 is 5.92 Å². The summed E-state index contributed by atoms with van der Waals surface area (Å²) in [5.74, 6) is -1.16. The van der Waals surface area contributed by atoms with Gasteiger partial charge in [0.15, 0.2) is 0 Å². The molecule has 2 aromatic rings. The largest absolute Gasteiger partial charge is 0.349 e. The van der Waals surface area contributed by atoms with E-state index in [9.17, 15) is 14.4 Å². The van der Waals surface area contributed by atoms with Crippen molar-refractivity contribution < 1.29 is 14.4 Å². The Morgan fingerprint density at radius 2 is 1.89 bits per heavy atom. The summed E-state index contributed by atoms with van der Waals surface area (Å²) in [6.07, 6.45) is 1.71. The van der Waals surface area contributed by atoms with Gasteiger partial charge in [0.1, 0.15) is 0 Å². The van der Waals surface area contributed by atoms with Gasteiger partial charge in [-0.05, 0) is 36.4 Å². The highest BCUT2D eigenvalue weighted by Crippen LogP contribution is 2.27. The lowest BCUT2D eigenvalue weighted by Gasteiger charge is -2.17. The summed E-state index contributed by atoms with van der Waals surface area (Å²) in [7, 11) is 0. The molecule has 0 radical (unpaired) electrons. The van der Waals surface area contributed by atoms with Gasteiger partial charge in [0, 0.05) is 29.7 Å². The van der Waals surface area contributed by atoms with Crippen LogP contribution in [-0.2, 0) is 9.59 Å². The monoisotopic (exact) mass is 441 g/mol. The Bertz CT molecular complexity index is 911. The maximum absolute atomic E-state index is 12.7. The predicted molar refractivity (Wildman–Crippen MR) is 112 cm³/mol. The van der Waals surface area contributed by atoms with Crippen LogP contribution in [0.25, 0.3) is 0 Å². The fraction of sp³-hybridized carbons (Fsp3) is 0.190. The molecule has 0 bridgehead atoms. The van der Waals surface area contributed by atoms with E-state index >= 15 is 0 Å². The van der Waals surface area contributed by atoms with Crippen molar-refractivity contribution in [2.45, 2.75) is 6.42 Å². The number of nitrogens with zero attached hydrogens (tertiary/aromatic N) is 1. The molecule has 0 aromatic heterocycles. The molecule has 3 rings (SSSR count). The number of benzene rings is 2. The van der Waals surface area contributed by atoms with Gasteiger partial charge in [-0.1, -0.05) is 34.1 Å². The van der Waals surface area contributed by atoms with Gasteiger partial charge < -0.3 is 15.5 Å². The van der Waals surface area contributed by atoms with Gasteiger partial charge in [-0.2, -0.15) is 0 Å². The molecule has 0 spiro atoms. The molecule has 7 heteroatoms. The quantitative estimate of drug-likeness (QED) is 0.674. The number of hydrogen-bond donors (Lipinski definition) is 2. The average molecular weight is 442 g/mol. The van der Waals surface area contributed by atoms with Gasteiger partial charge in [0.25, 0.3) is 5.91 Å². The normalized spacial score (nSPS) is 16.0. The van der Waals surface area contributed by atoms with Crippen LogP contribution in [-0.4, -0.2) is 30.8 Å². The summed E-state index contributed by atoms with van der Waals surface area (Å²) >= 11 is 3.37. The first-order valence-electron chi connectivity index (χ1n) is 8.84. The molecule has 0 saturated carbocycles. The van der Waals surface area contributed by atoms with E-state index in [1.807, 2.05) is 24.3 Å². The van der Waals surface area contributed by atoms with E-state index in [4.69, 9.17) is 0 Å². The fourth-order valence-corrected chi connectivity index (χ4v) is 3.30. The highest BCUT2D eigenvalue weighted by molar-refractivity contribution is 9.10. The number of carbonyl (C=O) groups is 3. The molecule has 2 N–H and O–H groups in total. The molecule has 3 amide bonds. The Hall–Kier alpha value is -2.93. The Morgan fingerprint density at radius 1 is 1.18 bits per heavy atom. The molecule has 1 atom stereocenters. The molecule has 0 aliphatic carbocycles. The first kappa shape index (κ1) is 19.8. The summed E-state index contributed by atoms with van der Waals surface area (Å²) in [5, 5.41) is 5.50. The van der Waals surface area contributed by atoms with Crippen molar-refractivity contribution >= 4 is 45.0 Å². The van der Waals surface area contributed by atoms with Crippen LogP contribution in [0.15, 0.2) is 65.7 Å². The van der Waals surface area contributed by atoms with Crippen LogP contribution in [0, 0.1) is 5.92 Å². The number of para-hydroxylation sites is 1. The number of nitrogens with one attached hydrogen (secondary N) is 2. The average Bonchev–Trinajstić information content (AvgIpc) is 3.09. The molecule has 1 aliphatic rings. The van der Waals surface area contributed by atoms with Crippen LogP contribution in [0.4, 0.5) is 11.4 Å². The topological polar surface area (TPSA) is 78.5 Å². The summed E-state index contributed by atoms with van der Waals surface area (Å²) in [6, 6.07) is 14.2. The number of rotatable bonds is 6. The van der Waals surface area contributed by atoms with Crippen molar-refractivity contribution in [2.24, 2.45) is 5.92 Å². The molecule has 144 valence electrons. The third kappa shape index (κ3) is 4.48. The Labute approximate surface area is 171 Å². The number of anilines is 2. The molecular formula is C21H20BrN3O3. The third-order valence-corrected chi connectivity index (χ3v) is 5.00. The van der Waals surface area contributed by atoms with Crippen LogP contribution in [0.2, 0.25) is 0 Å². The van der Waals surface area contributed by atoms with E-state index in [0.29, 0.717) is 24.3 Å². The van der Waals surface area contributed by atoms with Crippen LogP contribution < -0.4 is 15.5 Å². The van der Waals surface area contributed by atoms with Gasteiger partial charge in [-0.15, -0.1) is 6.58 Å². The Morgan fingerprint density at radius 3 is 2.61 bits per heavy atom. The minimum atomic E-state index is -0.486. The van der Waals surface area contributed by atoms with Gasteiger partial charge in [-0.25, -0.2) is 0 Å². The molecule has 0 unspecified atom stereocenters. The summed E-state index contributed by atoms with van der Waals surface area (Å²) < 4.78 is 0.920. The molecule has 2 aromatic carbocycles. The number of halogens is 1. The molecule has 28 heavy (non-hydrogen) atoms. The number of hydrogen-bond acceptors (Lipinski definition) is 3. The summed E-state index contributed by atoms with van der Waals surface area (Å²) in [6.45, 7) is 4.21. The second-order valence-corrected chi connectivity index (χ2v) is 7.33. The highest BCUT2D eigenvalue weighted by atomic mass is 79.9. The van der Waals surface area contributed by atoms with E-state index in [2.05, 4.69) is 33.1 Å². The molecule has 1 aliphatic heterocycles. The zero-order valence-corrected chi connectivity index (χ0v) is 16.7. The van der Waals surface area contributed by atoms with E-state index in [1.165, 1.54) is 0 Å². The van der Waals surface area contributed by atoms with Gasteiger partial charge in [-0.3, -0.25) is 14.4 Å². The summed E-state index contributed by atoms with van der Waals surface area (Å²) in [5.41, 5.74) is 1.54. The SMILES string of the molecule is C=CCNC(=O)c1ccccc1NC(=O)[C@H]1CC(=O)N(c2ccc(Br)cc2)C1. The van der Waals surface area contributed by atoms with Crippen LogP contribution in [0.3, 0.4) is 0 Å². The fourth-order valence-electron chi connectivity index (χ4n) is 3.04. The Kier molecular flexibility index (Phi) is 6.26. The highest BCUT2D eigenvalue weighted by Gasteiger charge is 2.35. The van der Waals surface area contributed by atoms with E-state index in [1.54, 1.807) is 35.2 Å². The van der Waals surface area contributed by atoms with Crippen LogP contribution >= 0.6 is 15.9 Å². The lowest BCUT2D eigenvalue weighted by Crippen LogP contribution is -2.29. The van der Waals surface area contributed by atoms with Gasteiger partial charge >= 0.3 is 0 Å². The minimum Gasteiger partial charge on any atom is -0.349 e. The third-order valence-electron chi connectivity index (χ3n) is 4.47. The second-order valence-electron chi connectivity index (χ2n) is 6.42. The first-order chi connectivity index (χ1) is 13.5. The van der Waals surface area contributed by atoms with Crippen molar-refractivity contribution in [1.82, 2.24) is 5.32 Å². The van der Waals surface area contributed by atoms with Crippen molar-refractivity contribution in [2.75, 3.05) is 23.3 Å². The van der Waals surface area contributed by atoms with Crippen molar-refractivity contribution in [3.8, 4) is 0 Å². The molecule has 1 heterocycles. The number of carbonyl (C=O) groups excluding carboxylic acids is 3. The van der Waals surface area contributed by atoms with Crippen LogP contribution in [0.5, 0.6) is 0 Å². The van der Waals surface area contributed by atoms with Gasteiger partial charge in [0.2, 0.25) is 11.8 Å². The van der Waals surface area contributed by atoms with E-state index in [0.717, 1.165) is 10.2 Å². The molecule has 6 nitrogen and oxygen atoms in total. The predicted octanol–water partition coefficient (Wildman–Crippen LogP) is 3.36. The maximum atomic E-state index is 12.7. The van der Waals surface area contributed by atoms with E-state index in [-0.39, 0.29) is 24.1 Å². The van der Waals surface area contributed by atoms with Gasteiger partial charge in [0.05, 0.1) is 17.2 Å². The second kappa shape index (κ2) is 8.84. The lowest BCUT2D eigenvalue weighted by molar-refractivity contribution is -0.122. The minimum absolute atomic E-state index is 0.0977. The number of amides is 3. The van der Waals surface area contributed by atoms with Crippen LogP contribution in [0.1, 0.15) is 16.8 Å². The molecule has 1 saturated heterocycles. The van der Waals surface area contributed by atoms with Crippen molar-refractivity contribution in [3.63, 3.8) is 0 Å². The smallest absolute Gasteiger partial charge is 0.253 e.